The lowest BCUT2D eigenvalue weighted by molar-refractivity contribution is 0.372. The summed E-state index contributed by atoms with van der Waals surface area (Å²) in [6, 6.07) is 2.56. The maximum Gasteiger partial charge on any atom is 0.119 e. The van der Waals surface area contributed by atoms with Crippen molar-refractivity contribution in [1.29, 1.82) is 0 Å². The van der Waals surface area contributed by atoms with Crippen LogP contribution in [0.15, 0.2) is 21.2 Å². The lowest BCUT2D eigenvalue weighted by atomic mass is 10.0. The van der Waals surface area contributed by atoms with E-state index in [9.17, 15) is 0 Å². The Labute approximate surface area is 86.8 Å². The van der Waals surface area contributed by atoms with Crippen molar-refractivity contribution in [3.63, 3.8) is 0 Å². The molecule has 0 radical (unpaired) electrons. The van der Waals surface area contributed by atoms with E-state index in [0.29, 0.717) is 6.04 Å². The standard InChI is InChI=1S/C10H14BrNO/c11-9-4-6-13-10(9)7-8-3-1-2-5-12-8/h4,6,8,12H,1-3,5,7H2. The smallest absolute Gasteiger partial charge is 0.119 e. The van der Waals surface area contributed by atoms with Crippen LogP contribution in [0.5, 0.6) is 0 Å². The Morgan fingerprint density at radius 3 is 3.08 bits per heavy atom. The molecule has 72 valence electrons. The molecule has 0 aliphatic carbocycles. The molecule has 0 saturated carbocycles. The Morgan fingerprint density at radius 2 is 2.46 bits per heavy atom. The molecule has 1 aliphatic heterocycles. The monoisotopic (exact) mass is 243 g/mol. The van der Waals surface area contributed by atoms with E-state index >= 15 is 0 Å². The number of hydrogen-bond donors (Lipinski definition) is 1. The molecule has 2 rings (SSSR count). The number of hydrogen-bond acceptors (Lipinski definition) is 2. The van der Waals surface area contributed by atoms with Gasteiger partial charge in [-0.1, -0.05) is 6.42 Å². The average Bonchev–Trinajstić information content (AvgIpc) is 2.54. The van der Waals surface area contributed by atoms with E-state index in [0.717, 1.165) is 23.2 Å². The van der Waals surface area contributed by atoms with Crippen LogP contribution in [0.25, 0.3) is 0 Å². The Kier molecular flexibility index (Phi) is 3.06. The maximum atomic E-state index is 5.38. The zero-order valence-corrected chi connectivity index (χ0v) is 9.14. The summed E-state index contributed by atoms with van der Waals surface area (Å²) < 4.78 is 6.48. The summed E-state index contributed by atoms with van der Waals surface area (Å²) in [5.74, 6) is 1.07. The number of nitrogens with one attached hydrogen (secondary N) is 1. The molecule has 0 bridgehead atoms. The molecule has 1 saturated heterocycles. The molecule has 1 unspecified atom stereocenters. The molecule has 2 nitrogen and oxygen atoms in total. The van der Waals surface area contributed by atoms with Crippen molar-refractivity contribution in [1.82, 2.24) is 5.32 Å². The van der Waals surface area contributed by atoms with Crippen LogP contribution in [-0.2, 0) is 6.42 Å². The SMILES string of the molecule is Brc1ccoc1CC1CCCCN1. The average molecular weight is 244 g/mol. The van der Waals surface area contributed by atoms with Crippen LogP contribution >= 0.6 is 15.9 Å². The van der Waals surface area contributed by atoms with E-state index in [-0.39, 0.29) is 0 Å². The summed E-state index contributed by atoms with van der Waals surface area (Å²) in [4.78, 5) is 0. The quantitative estimate of drug-likeness (QED) is 0.865. The van der Waals surface area contributed by atoms with E-state index in [4.69, 9.17) is 4.42 Å². The van der Waals surface area contributed by atoms with Gasteiger partial charge in [-0.2, -0.15) is 0 Å². The zero-order valence-electron chi connectivity index (χ0n) is 7.55. The van der Waals surface area contributed by atoms with Gasteiger partial charge in [0, 0.05) is 12.5 Å². The van der Waals surface area contributed by atoms with E-state index in [2.05, 4.69) is 21.2 Å². The molecule has 13 heavy (non-hydrogen) atoms. The summed E-state index contributed by atoms with van der Waals surface area (Å²) in [5.41, 5.74) is 0. The fourth-order valence-corrected chi connectivity index (χ4v) is 2.16. The van der Waals surface area contributed by atoms with Gasteiger partial charge < -0.3 is 9.73 Å². The molecule has 2 heterocycles. The van der Waals surface area contributed by atoms with Crippen molar-refractivity contribution < 1.29 is 4.42 Å². The van der Waals surface area contributed by atoms with Gasteiger partial charge in [0.05, 0.1) is 10.7 Å². The molecular weight excluding hydrogens is 230 g/mol. The van der Waals surface area contributed by atoms with E-state index < -0.39 is 0 Å². The number of rotatable bonds is 2. The Hall–Kier alpha value is -0.280. The molecule has 0 spiro atoms. The van der Waals surface area contributed by atoms with Gasteiger partial charge in [0.2, 0.25) is 0 Å². The molecule has 1 N–H and O–H groups in total. The van der Waals surface area contributed by atoms with Gasteiger partial charge >= 0.3 is 0 Å². The van der Waals surface area contributed by atoms with Gasteiger partial charge in [-0.25, -0.2) is 0 Å². The first-order chi connectivity index (χ1) is 6.36. The molecule has 0 aromatic carbocycles. The van der Waals surface area contributed by atoms with Crippen LogP contribution in [0.3, 0.4) is 0 Å². The second kappa shape index (κ2) is 4.29. The van der Waals surface area contributed by atoms with Crippen LogP contribution in [0.2, 0.25) is 0 Å². The largest absolute Gasteiger partial charge is 0.468 e. The highest BCUT2D eigenvalue weighted by Gasteiger charge is 2.15. The lowest BCUT2D eigenvalue weighted by Gasteiger charge is -2.22. The summed E-state index contributed by atoms with van der Waals surface area (Å²) in [7, 11) is 0. The molecular formula is C10H14BrNO. The minimum Gasteiger partial charge on any atom is -0.468 e. The zero-order chi connectivity index (χ0) is 9.10. The third-order valence-corrected chi connectivity index (χ3v) is 3.24. The van der Waals surface area contributed by atoms with Gasteiger partial charge in [0.1, 0.15) is 5.76 Å². The van der Waals surface area contributed by atoms with E-state index in [1.165, 1.54) is 19.3 Å². The molecule has 3 heteroatoms. The van der Waals surface area contributed by atoms with Crippen LogP contribution < -0.4 is 5.32 Å². The van der Waals surface area contributed by atoms with Crippen LogP contribution in [-0.4, -0.2) is 12.6 Å². The van der Waals surface area contributed by atoms with Crippen molar-refractivity contribution >= 4 is 15.9 Å². The number of furan rings is 1. The molecule has 1 aromatic rings. The summed E-state index contributed by atoms with van der Waals surface area (Å²) in [6.45, 7) is 1.16. The van der Waals surface area contributed by atoms with Gasteiger partial charge in [-0.3, -0.25) is 0 Å². The Bertz CT molecular complexity index is 266. The van der Waals surface area contributed by atoms with Crippen LogP contribution in [0.4, 0.5) is 0 Å². The summed E-state index contributed by atoms with van der Waals surface area (Å²) in [5, 5.41) is 3.50. The predicted octanol–water partition coefficient (Wildman–Crippen LogP) is 2.73. The van der Waals surface area contributed by atoms with Gasteiger partial charge in [0.15, 0.2) is 0 Å². The van der Waals surface area contributed by atoms with Crippen LogP contribution in [0, 0.1) is 0 Å². The fraction of sp³-hybridized carbons (Fsp3) is 0.600. The second-order valence-corrected chi connectivity index (χ2v) is 4.40. The molecule has 1 aromatic heterocycles. The summed E-state index contributed by atoms with van der Waals surface area (Å²) >= 11 is 3.47. The predicted molar refractivity (Wildman–Crippen MR) is 55.8 cm³/mol. The van der Waals surface area contributed by atoms with Gasteiger partial charge in [-0.15, -0.1) is 0 Å². The normalized spacial score (nSPS) is 23.3. The maximum absolute atomic E-state index is 5.38. The van der Waals surface area contributed by atoms with Crippen molar-refractivity contribution in [2.45, 2.75) is 31.7 Å². The molecule has 1 atom stereocenters. The highest BCUT2D eigenvalue weighted by Crippen LogP contribution is 2.21. The highest BCUT2D eigenvalue weighted by atomic mass is 79.9. The van der Waals surface area contributed by atoms with Crippen molar-refractivity contribution in [3.8, 4) is 0 Å². The van der Waals surface area contributed by atoms with E-state index in [1.54, 1.807) is 6.26 Å². The number of piperidine rings is 1. The van der Waals surface area contributed by atoms with E-state index in [1.807, 2.05) is 6.07 Å². The van der Waals surface area contributed by atoms with Gasteiger partial charge in [-0.05, 0) is 41.4 Å². The first kappa shape index (κ1) is 9.28. The first-order valence-corrected chi connectivity index (χ1v) is 5.61. The molecule has 1 aliphatic rings. The Morgan fingerprint density at radius 1 is 1.54 bits per heavy atom. The lowest BCUT2D eigenvalue weighted by Crippen LogP contribution is -2.35. The topological polar surface area (TPSA) is 25.2 Å². The highest BCUT2D eigenvalue weighted by molar-refractivity contribution is 9.10. The minimum atomic E-state index is 0.608. The first-order valence-electron chi connectivity index (χ1n) is 4.81. The Balaban J connectivity index is 1.93. The van der Waals surface area contributed by atoms with Crippen LogP contribution in [0.1, 0.15) is 25.0 Å². The molecule has 1 fully saturated rings. The van der Waals surface area contributed by atoms with Crippen molar-refractivity contribution in [3.05, 3.63) is 22.6 Å². The summed E-state index contributed by atoms with van der Waals surface area (Å²) in [6.07, 6.45) is 6.68. The van der Waals surface area contributed by atoms with Crippen molar-refractivity contribution in [2.24, 2.45) is 0 Å². The third-order valence-electron chi connectivity index (χ3n) is 2.54. The second-order valence-electron chi connectivity index (χ2n) is 3.54. The fourth-order valence-electron chi connectivity index (χ4n) is 1.79. The molecule has 0 amide bonds. The van der Waals surface area contributed by atoms with Gasteiger partial charge in [0.25, 0.3) is 0 Å². The van der Waals surface area contributed by atoms with Crippen molar-refractivity contribution in [2.75, 3.05) is 6.54 Å². The third kappa shape index (κ3) is 2.35. The number of halogens is 1. The minimum absolute atomic E-state index is 0.608.